The summed E-state index contributed by atoms with van der Waals surface area (Å²) in [6, 6.07) is 64.4. The molecular formula is C55H36N2S2. The molecule has 0 bridgehead atoms. The standard InChI is InChI=1S/C55H36N2S2/c1-35-26-27-36(38-30-31-51-46(32-38)41-17-6-10-23-50(41)57(51)39-15-3-2-4-16-39)28-29-37-14-5-9-22-49(37)56(35)40-33-47-43-19-8-12-25-53(43)59-55(47)48(34-40)45-21-13-20-44-42-18-7-11-24-52(42)58-54(44)45/h2-28,30-34H,1,29H2/b27-26-,36-28+. The van der Waals surface area contributed by atoms with Crippen LogP contribution in [0.5, 0.6) is 0 Å². The molecule has 12 rings (SSSR count). The monoisotopic (exact) mass is 788 g/mol. The van der Waals surface area contributed by atoms with E-state index in [-0.39, 0.29) is 0 Å². The van der Waals surface area contributed by atoms with E-state index in [4.69, 9.17) is 6.58 Å². The fraction of sp³-hybridized carbons (Fsp3) is 0.0182. The Morgan fingerprint density at radius 3 is 1.95 bits per heavy atom. The second-order valence-corrected chi connectivity index (χ2v) is 17.4. The molecule has 4 heterocycles. The third-order valence-electron chi connectivity index (χ3n) is 12.0. The summed E-state index contributed by atoms with van der Waals surface area (Å²) in [6.45, 7) is 4.79. The number of allylic oxidation sites excluding steroid dienone is 4. The van der Waals surface area contributed by atoms with Crippen molar-refractivity contribution < 1.29 is 0 Å². The van der Waals surface area contributed by atoms with E-state index in [9.17, 15) is 0 Å². The highest BCUT2D eigenvalue weighted by Gasteiger charge is 2.22. The summed E-state index contributed by atoms with van der Waals surface area (Å²) in [4.78, 5) is 2.37. The van der Waals surface area contributed by atoms with Gasteiger partial charge in [0.15, 0.2) is 0 Å². The Labute approximate surface area is 350 Å². The summed E-state index contributed by atoms with van der Waals surface area (Å²) < 4.78 is 7.62. The zero-order valence-corrected chi connectivity index (χ0v) is 33.7. The molecule has 8 aromatic carbocycles. The second kappa shape index (κ2) is 13.6. The van der Waals surface area contributed by atoms with Crippen molar-refractivity contribution in [2.45, 2.75) is 6.42 Å². The first-order valence-electron chi connectivity index (χ1n) is 20.1. The molecule has 59 heavy (non-hydrogen) atoms. The summed E-state index contributed by atoms with van der Waals surface area (Å²) in [5.74, 6) is 0. The van der Waals surface area contributed by atoms with Crippen molar-refractivity contribution in [1.82, 2.24) is 4.57 Å². The van der Waals surface area contributed by atoms with E-state index in [2.05, 4.69) is 204 Å². The molecule has 0 atom stereocenters. The van der Waals surface area contributed by atoms with E-state index in [0.717, 1.165) is 23.5 Å². The molecule has 0 spiro atoms. The topological polar surface area (TPSA) is 8.17 Å². The number of fused-ring (bicyclic) bond motifs is 10. The minimum atomic E-state index is 0.779. The zero-order chi connectivity index (χ0) is 39.0. The minimum absolute atomic E-state index is 0.779. The smallest absolute Gasteiger partial charge is 0.0541 e. The summed E-state index contributed by atoms with van der Waals surface area (Å²) in [5, 5.41) is 7.67. The third kappa shape index (κ3) is 5.45. The van der Waals surface area contributed by atoms with Gasteiger partial charge in [-0.3, -0.25) is 0 Å². The molecule has 11 aromatic rings. The van der Waals surface area contributed by atoms with Gasteiger partial charge < -0.3 is 9.47 Å². The van der Waals surface area contributed by atoms with E-state index >= 15 is 0 Å². The van der Waals surface area contributed by atoms with Crippen molar-refractivity contribution in [3.05, 3.63) is 218 Å². The van der Waals surface area contributed by atoms with Crippen LogP contribution in [0.4, 0.5) is 11.4 Å². The molecule has 0 N–H and O–H groups in total. The summed E-state index contributed by atoms with van der Waals surface area (Å²) in [6.07, 6.45) is 7.62. The van der Waals surface area contributed by atoms with Gasteiger partial charge in [-0.25, -0.2) is 0 Å². The molecule has 0 saturated heterocycles. The van der Waals surface area contributed by atoms with E-state index in [1.807, 2.05) is 22.7 Å². The molecule has 1 aliphatic rings. The predicted molar refractivity (Wildman–Crippen MR) is 257 cm³/mol. The largest absolute Gasteiger partial charge is 0.311 e. The zero-order valence-electron chi connectivity index (χ0n) is 32.1. The van der Waals surface area contributed by atoms with Crippen LogP contribution in [0.2, 0.25) is 0 Å². The first-order valence-corrected chi connectivity index (χ1v) is 21.7. The van der Waals surface area contributed by atoms with Gasteiger partial charge in [-0.05, 0) is 89.9 Å². The van der Waals surface area contributed by atoms with Crippen LogP contribution in [0.3, 0.4) is 0 Å². The van der Waals surface area contributed by atoms with E-state index in [0.29, 0.717) is 0 Å². The summed E-state index contributed by atoms with van der Waals surface area (Å²) in [5.41, 5.74) is 12.9. The maximum Gasteiger partial charge on any atom is 0.0541 e. The molecule has 0 unspecified atom stereocenters. The molecule has 0 fully saturated rings. The van der Waals surface area contributed by atoms with Crippen LogP contribution in [-0.4, -0.2) is 4.57 Å². The minimum Gasteiger partial charge on any atom is -0.311 e. The quantitative estimate of drug-likeness (QED) is 0.172. The number of anilines is 2. The van der Waals surface area contributed by atoms with Crippen LogP contribution >= 0.6 is 22.7 Å². The van der Waals surface area contributed by atoms with Crippen LogP contribution in [0.15, 0.2) is 206 Å². The fourth-order valence-corrected chi connectivity index (χ4v) is 11.7. The maximum absolute atomic E-state index is 4.79. The lowest BCUT2D eigenvalue weighted by molar-refractivity contribution is 1.17. The molecule has 0 amide bonds. The third-order valence-corrected chi connectivity index (χ3v) is 14.4. The lowest BCUT2D eigenvalue weighted by Gasteiger charge is -2.28. The first-order chi connectivity index (χ1) is 29.2. The number of para-hydroxylation sites is 3. The highest BCUT2D eigenvalue weighted by atomic mass is 32.1. The number of aromatic nitrogens is 1. The maximum atomic E-state index is 4.79. The van der Waals surface area contributed by atoms with Gasteiger partial charge in [0.2, 0.25) is 0 Å². The molecule has 1 aliphatic heterocycles. The van der Waals surface area contributed by atoms with E-state index in [1.54, 1.807) is 0 Å². The second-order valence-electron chi connectivity index (χ2n) is 15.3. The van der Waals surface area contributed by atoms with Crippen LogP contribution in [0, 0.1) is 0 Å². The van der Waals surface area contributed by atoms with Gasteiger partial charge in [-0.2, -0.15) is 0 Å². The lowest BCUT2D eigenvalue weighted by Crippen LogP contribution is -2.16. The Kier molecular flexibility index (Phi) is 7.84. The average molecular weight is 789 g/mol. The highest BCUT2D eigenvalue weighted by molar-refractivity contribution is 7.27. The Hall–Kier alpha value is -6.98. The van der Waals surface area contributed by atoms with Crippen LogP contribution < -0.4 is 4.90 Å². The number of nitrogens with zero attached hydrogens (tertiary/aromatic N) is 2. The van der Waals surface area contributed by atoms with Gasteiger partial charge in [0.05, 0.1) is 11.0 Å². The average Bonchev–Trinajstić information content (AvgIpc) is 3.97. The number of hydrogen-bond donors (Lipinski definition) is 0. The van der Waals surface area contributed by atoms with E-state index < -0.39 is 0 Å². The van der Waals surface area contributed by atoms with Crippen molar-refractivity contribution in [2.75, 3.05) is 4.90 Å². The Bertz CT molecular complexity index is 3560. The number of hydrogen-bond acceptors (Lipinski definition) is 3. The summed E-state index contributed by atoms with van der Waals surface area (Å²) in [7, 11) is 0. The van der Waals surface area contributed by atoms with Gasteiger partial charge in [-0.15, -0.1) is 22.7 Å². The molecule has 2 nitrogen and oxygen atoms in total. The highest BCUT2D eigenvalue weighted by Crippen LogP contribution is 2.48. The van der Waals surface area contributed by atoms with Gasteiger partial charge in [0, 0.05) is 85.0 Å². The Balaban J connectivity index is 1.03. The van der Waals surface area contributed by atoms with Crippen molar-refractivity contribution in [2.24, 2.45) is 0 Å². The molecule has 0 saturated carbocycles. The SMILES string of the molecule is C=C1/C=C\C(c2ccc3c(c2)c2ccccc2n3-c2ccccc2)=C/Cc2ccccc2N1c1cc(-c2cccc3c2sc2ccccc23)c2sc3ccccc3c2c1. The van der Waals surface area contributed by atoms with Crippen molar-refractivity contribution >= 4 is 102 Å². The molecular weight excluding hydrogens is 753 g/mol. The van der Waals surface area contributed by atoms with Crippen LogP contribution in [-0.2, 0) is 6.42 Å². The molecule has 4 heteroatoms. The van der Waals surface area contributed by atoms with Crippen molar-refractivity contribution in [3.63, 3.8) is 0 Å². The number of rotatable bonds is 4. The fourth-order valence-electron chi connectivity index (χ4n) is 9.23. The van der Waals surface area contributed by atoms with Crippen LogP contribution in [0.25, 0.3) is 84.5 Å². The van der Waals surface area contributed by atoms with E-state index in [1.165, 1.54) is 95.7 Å². The van der Waals surface area contributed by atoms with Crippen molar-refractivity contribution in [3.8, 4) is 16.8 Å². The Morgan fingerprint density at radius 1 is 0.458 bits per heavy atom. The summed E-state index contributed by atoms with van der Waals surface area (Å²) >= 11 is 3.78. The Morgan fingerprint density at radius 2 is 1.12 bits per heavy atom. The van der Waals surface area contributed by atoms with Gasteiger partial charge >= 0.3 is 0 Å². The molecule has 3 aromatic heterocycles. The first kappa shape index (κ1) is 34.1. The molecule has 0 aliphatic carbocycles. The normalized spacial score (nSPS) is 14.8. The number of benzene rings is 8. The van der Waals surface area contributed by atoms with Crippen molar-refractivity contribution in [1.29, 1.82) is 0 Å². The molecule has 278 valence electrons. The van der Waals surface area contributed by atoms with Gasteiger partial charge in [0.25, 0.3) is 0 Å². The number of thiophene rings is 2. The predicted octanol–water partition coefficient (Wildman–Crippen LogP) is 16.0. The molecule has 0 radical (unpaired) electrons. The van der Waals surface area contributed by atoms with Crippen LogP contribution in [0.1, 0.15) is 11.1 Å². The lowest BCUT2D eigenvalue weighted by atomic mass is 9.98. The van der Waals surface area contributed by atoms with Gasteiger partial charge in [0.1, 0.15) is 0 Å². The van der Waals surface area contributed by atoms with Gasteiger partial charge in [-0.1, -0.05) is 134 Å².